The number of halogens is 1. The lowest BCUT2D eigenvalue weighted by atomic mass is 10.2. The van der Waals surface area contributed by atoms with Crippen molar-refractivity contribution in [1.29, 1.82) is 0 Å². The second-order valence-electron chi connectivity index (χ2n) is 6.78. The van der Waals surface area contributed by atoms with Crippen molar-refractivity contribution in [3.05, 3.63) is 65.5 Å². The Labute approximate surface area is 160 Å². The number of rotatable bonds is 7. The Morgan fingerprint density at radius 3 is 2.22 bits per heavy atom. The Hall–Kier alpha value is -1.96. The Kier molecular flexibility index (Phi) is 6.46. The Morgan fingerprint density at radius 1 is 0.963 bits per heavy atom. The van der Waals surface area contributed by atoms with E-state index in [1.807, 2.05) is 31.2 Å². The molecule has 3 rings (SSSR count). The topological polar surface area (TPSA) is 49.9 Å². The first kappa shape index (κ1) is 19.8. The highest BCUT2D eigenvalue weighted by atomic mass is 32.2. The summed E-state index contributed by atoms with van der Waals surface area (Å²) in [5.41, 5.74) is 1.80. The summed E-state index contributed by atoms with van der Waals surface area (Å²) in [6, 6.07) is 13.6. The molecule has 0 saturated carbocycles. The van der Waals surface area contributed by atoms with E-state index < -0.39 is 10.0 Å². The number of nitrogens with zero attached hydrogens (tertiary/aromatic N) is 2. The molecule has 1 fully saturated rings. The number of sulfonamides is 1. The van der Waals surface area contributed by atoms with Crippen LogP contribution in [0, 0.1) is 12.7 Å². The molecule has 27 heavy (non-hydrogen) atoms. The standard InChI is InChI=1S/C20H25FN2O3S/c1-17-2-8-20(9-3-17)26-15-14-22-10-12-23(13-11-22)27(24,25)16-18-4-6-19(21)7-5-18/h2-9H,10-16H2,1H3. The van der Waals surface area contributed by atoms with Crippen LogP contribution in [0.3, 0.4) is 0 Å². The van der Waals surface area contributed by atoms with Crippen LogP contribution < -0.4 is 4.74 Å². The first-order valence-electron chi connectivity index (χ1n) is 9.06. The van der Waals surface area contributed by atoms with E-state index in [0.717, 1.165) is 12.3 Å². The minimum absolute atomic E-state index is 0.0934. The van der Waals surface area contributed by atoms with E-state index in [4.69, 9.17) is 4.74 Å². The molecule has 5 nitrogen and oxygen atoms in total. The highest BCUT2D eigenvalue weighted by Gasteiger charge is 2.27. The molecule has 1 heterocycles. The van der Waals surface area contributed by atoms with Crippen LogP contribution in [0.1, 0.15) is 11.1 Å². The molecule has 7 heteroatoms. The number of piperazine rings is 1. The molecule has 0 bridgehead atoms. The van der Waals surface area contributed by atoms with Gasteiger partial charge in [0.15, 0.2) is 0 Å². The summed E-state index contributed by atoms with van der Waals surface area (Å²) < 4.78 is 45.4. The van der Waals surface area contributed by atoms with Gasteiger partial charge in [-0.05, 0) is 36.8 Å². The third-order valence-corrected chi connectivity index (χ3v) is 6.53. The lowest BCUT2D eigenvalue weighted by Gasteiger charge is -2.33. The maximum absolute atomic E-state index is 13.0. The van der Waals surface area contributed by atoms with Crippen molar-refractivity contribution >= 4 is 10.0 Å². The van der Waals surface area contributed by atoms with Gasteiger partial charge in [-0.2, -0.15) is 4.31 Å². The zero-order valence-corrected chi connectivity index (χ0v) is 16.3. The molecule has 0 aromatic heterocycles. The average Bonchev–Trinajstić information content (AvgIpc) is 2.65. The summed E-state index contributed by atoms with van der Waals surface area (Å²) in [5, 5.41) is 0. The highest BCUT2D eigenvalue weighted by Crippen LogP contribution is 2.15. The SMILES string of the molecule is Cc1ccc(OCCN2CCN(S(=O)(=O)Cc3ccc(F)cc3)CC2)cc1. The van der Waals surface area contributed by atoms with Gasteiger partial charge in [-0.1, -0.05) is 29.8 Å². The number of ether oxygens (including phenoxy) is 1. The predicted octanol–water partition coefficient (Wildman–Crippen LogP) is 2.66. The first-order valence-corrected chi connectivity index (χ1v) is 10.7. The van der Waals surface area contributed by atoms with Crippen molar-refractivity contribution in [2.24, 2.45) is 0 Å². The van der Waals surface area contributed by atoms with Gasteiger partial charge in [0.25, 0.3) is 0 Å². The normalized spacial score (nSPS) is 16.4. The van der Waals surface area contributed by atoms with Crippen LogP contribution in [-0.2, 0) is 15.8 Å². The van der Waals surface area contributed by atoms with Gasteiger partial charge in [-0.15, -0.1) is 0 Å². The fraction of sp³-hybridized carbons (Fsp3) is 0.400. The zero-order valence-electron chi connectivity index (χ0n) is 15.5. The van der Waals surface area contributed by atoms with Gasteiger partial charge in [0, 0.05) is 32.7 Å². The molecule has 1 aliphatic heterocycles. The van der Waals surface area contributed by atoms with Gasteiger partial charge in [-0.25, -0.2) is 12.8 Å². The van der Waals surface area contributed by atoms with E-state index in [-0.39, 0.29) is 11.6 Å². The third-order valence-electron chi connectivity index (χ3n) is 4.68. The summed E-state index contributed by atoms with van der Waals surface area (Å²) in [5.74, 6) is 0.391. The molecule has 0 amide bonds. The van der Waals surface area contributed by atoms with E-state index in [2.05, 4.69) is 4.90 Å². The van der Waals surface area contributed by atoms with Crippen LogP contribution in [0.15, 0.2) is 48.5 Å². The molecule has 0 radical (unpaired) electrons. The molecule has 146 valence electrons. The van der Waals surface area contributed by atoms with Crippen molar-refractivity contribution in [3.8, 4) is 5.75 Å². The lowest BCUT2D eigenvalue weighted by molar-refractivity contribution is 0.159. The maximum atomic E-state index is 13.0. The molecule has 1 saturated heterocycles. The van der Waals surface area contributed by atoms with Crippen molar-refractivity contribution < 1.29 is 17.5 Å². The zero-order chi connectivity index (χ0) is 19.3. The van der Waals surface area contributed by atoms with Gasteiger partial charge >= 0.3 is 0 Å². The van der Waals surface area contributed by atoms with Gasteiger partial charge in [0.1, 0.15) is 18.2 Å². The monoisotopic (exact) mass is 392 g/mol. The summed E-state index contributed by atoms with van der Waals surface area (Å²) in [4.78, 5) is 2.21. The van der Waals surface area contributed by atoms with Crippen LogP contribution in [0.2, 0.25) is 0 Å². The molecular formula is C20H25FN2O3S. The molecule has 0 aliphatic carbocycles. The van der Waals surface area contributed by atoms with Crippen molar-refractivity contribution in [2.45, 2.75) is 12.7 Å². The van der Waals surface area contributed by atoms with E-state index in [0.29, 0.717) is 38.3 Å². The fourth-order valence-electron chi connectivity index (χ4n) is 3.04. The second kappa shape index (κ2) is 8.82. The average molecular weight is 392 g/mol. The summed E-state index contributed by atoms with van der Waals surface area (Å²) >= 11 is 0. The molecule has 2 aromatic rings. The summed E-state index contributed by atoms with van der Waals surface area (Å²) in [7, 11) is -3.39. The predicted molar refractivity (Wildman–Crippen MR) is 104 cm³/mol. The fourth-order valence-corrected chi connectivity index (χ4v) is 4.56. The molecule has 2 aromatic carbocycles. The van der Waals surface area contributed by atoms with E-state index in [1.54, 1.807) is 0 Å². The van der Waals surface area contributed by atoms with E-state index in [1.165, 1.54) is 34.1 Å². The Bertz CT molecular complexity index is 831. The van der Waals surface area contributed by atoms with Crippen LogP contribution in [0.25, 0.3) is 0 Å². The molecule has 1 aliphatic rings. The van der Waals surface area contributed by atoms with Gasteiger partial charge in [-0.3, -0.25) is 4.90 Å². The van der Waals surface area contributed by atoms with Crippen LogP contribution in [0.5, 0.6) is 5.75 Å². The van der Waals surface area contributed by atoms with Crippen molar-refractivity contribution in [1.82, 2.24) is 9.21 Å². The van der Waals surface area contributed by atoms with Crippen molar-refractivity contribution in [3.63, 3.8) is 0 Å². The molecule has 0 N–H and O–H groups in total. The van der Waals surface area contributed by atoms with Gasteiger partial charge in [0.2, 0.25) is 10.0 Å². The minimum atomic E-state index is -3.39. The number of aryl methyl sites for hydroxylation is 1. The lowest BCUT2D eigenvalue weighted by Crippen LogP contribution is -2.49. The summed E-state index contributed by atoms with van der Waals surface area (Å²) in [6.45, 7) is 5.67. The van der Waals surface area contributed by atoms with Crippen molar-refractivity contribution in [2.75, 3.05) is 39.3 Å². The van der Waals surface area contributed by atoms with Crippen LogP contribution in [-0.4, -0.2) is 57.0 Å². The highest BCUT2D eigenvalue weighted by molar-refractivity contribution is 7.88. The Morgan fingerprint density at radius 2 is 1.59 bits per heavy atom. The smallest absolute Gasteiger partial charge is 0.218 e. The maximum Gasteiger partial charge on any atom is 0.218 e. The summed E-state index contributed by atoms with van der Waals surface area (Å²) in [6.07, 6.45) is 0. The third kappa shape index (κ3) is 5.76. The molecule has 0 atom stereocenters. The minimum Gasteiger partial charge on any atom is -0.492 e. The number of hydrogen-bond acceptors (Lipinski definition) is 4. The number of hydrogen-bond donors (Lipinski definition) is 0. The Balaban J connectivity index is 1.43. The molecule has 0 unspecified atom stereocenters. The first-order chi connectivity index (χ1) is 12.9. The quantitative estimate of drug-likeness (QED) is 0.727. The largest absolute Gasteiger partial charge is 0.492 e. The van der Waals surface area contributed by atoms with Gasteiger partial charge in [0.05, 0.1) is 5.75 Å². The van der Waals surface area contributed by atoms with E-state index in [9.17, 15) is 12.8 Å². The molecule has 0 spiro atoms. The van der Waals surface area contributed by atoms with E-state index >= 15 is 0 Å². The molecular weight excluding hydrogens is 367 g/mol. The van der Waals surface area contributed by atoms with Crippen LogP contribution >= 0.6 is 0 Å². The second-order valence-corrected chi connectivity index (χ2v) is 8.75. The van der Waals surface area contributed by atoms with Crippen LogP contribution in [0.4, 0.5) is 4.39 Å². The van der Waals surface area contributed by atoms with Gasteiger partial charge < -0.3 is 4.74 Å². The number of benzene rings is 2.